The number of benzene rings is 2. The lowest BCUT2D eigenvalue weighted by Gasteiger charge is -2.32. The van der Waals surface area contributed by atoms with Crippen LogP contribution in [0.15, 0.2) is 36.4 Å². The molecule has 2 N–H and O–H groups in total. The fourth-order valence-corrected chi connectivity index (χ4v) is 6.04. The van der Waals surface area contributed by atoms with Crippen molar-refractivity contribution in [1.82, 2.24) is 10.6 Å². The summed E-state index contributed by atoms with van der Waals surface area (Å²) >= 11 is 0. The number of carbonyl (C=O) groups excluding carboxylic acids is 2. The first-order valence-corrected chi connectivity index (χ1v) is 16.2. The zero-order valence-corrected chi connectivity index (χ0v) is 26.3. The predicted molar refractivity (Wildman–Crippen MR) is 165 cm³/mol. The molecule has 4 rings (SSSR count). The van der Waals surface area contributed by atoms with Gasteiger partial charge in [-0.1, -0.05) is 33.7 Å². The lowest BCUT2D eigenvalue weighted by molar-refractivity contribution is 0.00578. The number of hydrogen-bond donors (Lipinski definition) is 2. The summed E-state index contributed by atoms with van der Waals surface area (Å²) in [5.41, 5.74) is -0.541. The van der Waals surface area contributed by atoms with Crippen LogP contribution in [0.4, 0.5) is 8.78 Å². The zero-order valence-electron chi connectivity index (χ0n) is 24.7. The van der Waals surface area contributed by atoms with Gasteiger partial charge in [-0.15, -0.1) is 0 Å². The van der Waals surface area contributed by atoms with E-state index < -0.39 is 54.5 Å². The monoisotopic (exact) mass is 620 g/mol. The lowest BCUT2D eigenvalue weighted by Crippen LogP contribution is -2.41. The van der Waals surface area contributed by atoms with Gasteiger partial charge >= 0.3 is 14.2 Å². The van der Waals surface area contributed by atoms with Crippen LogP contribution in [0.25, 0.3) is 0 Å². The van der Waals surface area contributed by atoms with Crippen molar-refractivity contribution in [2.45, 2.75) is 58.3 Å². The molecular weight excluding hydrogens is 584 g/mol. The number of carbonyl (C=O) groups is 2. The summed E-state index contributed by atoms with van der Waals surface area (Å²) in [4.78, 5) is 25.2. The second kappa shape index (κ2) is 13.3. The molecular formula is C28H36B2F2N2O6S2. The third-order valence-electron chi connectivity index (χ3n) is 7.30. The van der Waals surface area contributed by atoms with Crippen molar-refractivity contribution in [3.05, 3.63) is 59.2 Å². The standard InChI is InChI=1S/C28H36B2F2N2O6S2/c1-26(2)17-37-29(38-26)18-7-9-22(31)20(15-18)24(35)33-11-13-41-42-14-12-34-25(36)21-16-19(8-10-23(21)32)30-39-27(3,4)28(5,6)40-30/h7-10,15-16H,11-14,17H2,1-6H3,(H,33,35)(H,34,36). The highest BCUT2D eigenvalue weighted by molar-refractivity contribution is 8.76. The van der Waals surface area contributed by atoms with E-state index in [0.29, 0.717) is 42.1 Å². The summed E-state index contributed by atoms with van der Waals surface area (Å²) in [6.45, 7) is 12.6. The maximum atomic E-state index is 14.4. The van der Waals surface area contributed by atoms with Gasteiger partial charge in [0.1, 0.15) is 11.6 Å². The van der Waals surface area contributed by atoms with Gasteiger partial charge in [-0.25, -0.2) is 8.78 Å². The number of hydrogen-bond acceptors (Lipinski definition) is 8. The molecule has 42 heavy (non-hydrogen) atoms. The van der Waals surface area contributed by atoms with Crippen LogP contribution in [0, 0.1) is 11.6 Å². The van der Waals surface area contributed by atoms with E-state index in [1.54, 1.807) is 12.1 Å². The van der Waals surface area contributed by atoms with Crippen LogP contribution < -0.4 is 21.6 Å². The molecule has 2 aliphatic heterocycles. The van der Waals surface area contributed by atoms with Gasteiger partial charge in [-0.05, 0) is 76.7 Å². The molecule has 226 valence electrons. The first-order chi connectivity index (χ1) is 19.7. The van der Waals surface area contributed by atoms with Crippen molar-refractivity contribution in [3.63, 3.8) is 0 Å². The predicted octanol–water partition coefficient (Wildman–Crippen LogP) is 3.33. The summed E-state index contributed by atoms with van der Waals surface area (Å²) in [6, 6.07) is 8.51. The Morgan fingerprint density at radius 1 is 0.762 bits per heavy atom. The van der Waals surface area contributed by atoms with Crippen molar-refractivity contribution in [2.75, 3.05) is 31.2 Å². The van der Waals surface area contributed by atoms with Gasteiger partial charge in [-0.2, -0.15) is 0 Å². The second-order valence-corrected chi connectivity index (χ2v) is 14.4. The largest absolute Gasteiger partial charge is 0.494 e. The van der Waals surface area contributed by atoms with Gasteiger partial charge in [0.25, 0.3) is 11.8 Å². The quantitative estimate of drug-likeness (QED) is 0.225. The van der Waals surface area contributed by atoms with Crippen LogP contribution in [-0.4, -0.2) is 74.1 Å². The molecule has 2 aliphatic rings. The summed E-state index contributed by atoms with van der Waals surface area (Å²) in [7, 11) is 1.65. The molecule has 2 aromatic rings. The number of amides is 2. The molecule has 0 aliphatic carbocycles. The fourth-order valence-electron chi connectivity index (χ4n) is 4.23. The number of rotatable bonds is 11. The molecule has 0 saturated carbocycles. The molecule has 14 heteroatoms. The van der Waals surface area contributed by atoms with E-state index in [1.165, 1.54) is 45.9 Å². The molecule has 2 aromatic carbocycles. The molecule has 0 radical (unpaired) electrons. The van der Waals surface area contributed by atoms with Crippen LogP contribution in [0.2, 0.25) is 0 Å². The Morgan fingerprint density at radius 3 is 1.64 bits per heavy atom. The molecule has 2 fully saturated rings. The van der Waals surface area contributed by atoms with E-state index in [4.69, 9.17) is 18.6 Å². The van der Waals surface area contributed by atoms with Crippen molar-refractivity contribution in [3.8, 4) is 0 Å². The molecule has 0 unspecified atom stereocenters. The minimum absolute atomic E-state index is 0.0699. The van der Waals surface area contributed by atoms with Gasteiger partial charge in [0.15, 0.2) is 0 Å². The van der Waals surface area contributed by atoms with Gasteiger partial charge in [-0.3, -0.25) is 9.59 Å². The third kappa shape index (κ3) is 7.89. The summed E-state index contributed by atoms with van der Waals surface area (Å²) in [5, 5.41) is 5.46. The minimum Gasteiger partial charge on any atom is -0.404 e. The molecule has 2 heterocycles. The van der Waals surface area contributed by atoms with Gasteiger partial charge in [0, 0.05) is 24.6 Å². The molecule has 8 nitrogen and oxygen atoms in total. The maximum Gasteiger partial charge on any atom is 0.494 e. The van der Waals surface area contributed by atoms with Crippen LogP contribution in [0.3, 0.4) is 0 Å². The van der Waals surface area contributed by atoms with Crippen molar-refractivity contribution < 1.29 is 37.0 Å². The Labute approximate surface area is 254 Å². The highest BCUT2D eigenvalue weighted by Crippen LogP contribution is 2.36. The lowest BCUT2D eigenvalue weighted by atomic mass is 9.78. The third-order valence-corrected chi connectivity index (χ3v) is 9.71. The Hall–Kier alpha value is -2.09. The fraction of sp³-hybridized carbons (Fsp3) is 0.500. The minimum atomic E-state index is -0.697. The smallest absolute Gasteiger partial charge is 0.404 e. The van der Waals surface area contributed by atoms with Gasteiger partial charge in [0.2, 0.25) is 0 Å². The SMILES string of the molecule is CC1(C)COB(c2ccc(F)c(C(=O)NCCSSCCNC(=O)c3cc(B4OC(C)(C)C(C)(C)O4)ccc3F)c2)O1. The van der Waals surface area contributed by atoms with E-state index in [1.807, 2.05) is 41.5 Å². The summed E-state index contributed by atoms with van der Waals surface area (Å²) < 4.78 is 52.2. The highest BCUT2D eigenvalue weighted by atomic mass is 33.1. The van der Waals surface area contributed by atoms with Crippen LogP contribution in [-0.2, 0) is 18.6 Å². The van der Waals surface area contributed by atoms with Crippen LogP contribution >= 0.6 is 21.6 Å². The van der Waals surface area contributed by atoms with Crippen LogP contribution in [0.1, 0.15) is 62.3 Å². The highest BCUT2D eigenvalue weighted by Gasteiger charge is 2.51. The van der Waals surface area contributed by atoms with E-state index in [0.717, 1.165) is 0 Å². The molecule has 0 aromatic heterocycles. The Morgan fingerprint density at radius 2 is 1.21 bits per heavy atom. The van der Waals surface area contributed by atoms with E-state index >= 15 is 0 Å². The van der Waals surface area contributed by atoms with Gasteiger partial charge in [0.05, 0.1) is 34.5 Å². The number of nitrogens with one attached hydrogen (secondary N) is 2. The molecule has 0 bridgehead atoms. The van der Waals surface area contributed by atoms with Crippen LogP contribution in [0.5, 0.6) is 0 Å². The Kier molecular flexibility index (Phi) is 10.4. The molecule has 0 spiro atoms. The normalized spacial score (nSPS) is 18.8. The maximum absolute atomic E-state index is 14.4. The second-order valence-electron chi connectivity index (χ2n) is 11.7. The molecule has 2 saturated heterocycles. The first kappa shape index (κ1) is 32.8. The summed E-state index contributed by atoms with van der Waals surface area (Å²) in [6.07, 6.45) is 0. The summed E-state index contributed by atoms with van der Waals surface area (Å²) in [5.74, 6) is -1.15. The zero-order chi connectivity index (χ0) is 30.7. The van der Waals surface area contributed by atoms with Crippen molar-refractivity contribution >= 4 is 58.6 Å². The van der Waals surface area contributed by atoms with E-state index in [-0.39, 0.29) is 11.1 Å². The van der Waals surface area contributed by atoms with Crippen molar-refractivity contribution in [1.29, 1.82) is 0 Å². The van der Waals surface area contributed by atoms with Gasteiger partial charge < -0.3 is 29.3 Å². The molecule has 2 amide bonds. The number of halogens is 2. The van der Waals surface area contributed by atoms with Crippen molar-refractivity contribution in [2.24, 2.45) is 0 Å². The average Bonchev–Trinajstić information content (AvgIpc) is 3.39. The average molecular weight is 620 g/mol. The Bertz CT molecular complexity index is 1300. The Balaban J connectivity index is 1.16. The first-order valence-electron chi connectivity index (χ1n) is 13.7. The topological polar surface area (TPSA) is 95.1 Å². The van der Waals surface area contributed by atoms with E-state index in [9.17, 15) is 18.4 Å². The molecule has 0 atom stereocenters. The van der Waals surface area contributed by atoms with E-state index in [2.05, 4.69) is 10.6 Å².